The summed E-state index contributed by atoms with van der Waals surface area (Å²) in [5.74, 6) is 2.77. The van der Waals surface area contributed by atoms with Crippen molar-refractivity contribution < 1.29 is 19.0 Å². The van der Waals surface area contributed by atoms with E-state index in [-0.39, 0.29) is 5.91 Å². The van der Waals surface area contributed by atoms with Gasteiger partial charge in [-0.2, -0.15) is 0 Å². The smallest absolute Gasteiger partial charge is 0.268 e. The number of methoxy groups -OCH3 is 1. The zero-order valence-electron chi connectivity index (χ0n) is 19.8. The van der Waals surface area contributed by atoms with Gasteiger partial charge in [0.1, 0.15) is 12.4 Å². The summed E-state index contributed by atoms with van der Waals surface area (Å²) in [5.41, 5.74) is 2.17. The van der Waals surface area contributed by atoms with Crippen LogP contribution >= 0.6 is 0 Å². The SMILES string of the molecule is CCCCCNCCOc1ccc(N2CC[C@H](Oc3ccc(C4CC4)cc3)C2=O)cc1OC. The first kappa shape index (κ1) is 23.4. The van der Waals surface area contributed by atoms with Crippen molar-refractivity contribution in [3.63, 3.8) is 0 Å². The number of unbranched alkanes of at least 4 members (excludes halogenated alkanes) is 2. The summed E-state index contributed by atoms with van der Waals surface area (Å²) in [7, 11) is 1.62. The van der Waals surface area contributed by atoms with E-state index in [9.17, 15) is 4.79 Å². The number of nitrogens with one attached hydrogen (secondary N) is 1. The van der Waals surface area contributed by atoms with Gasteiger partial charge >= 0.3 is 0 Å². The Kier molecular flexibility index (Phi) is 8.10. The predicted molar refractivity (Wildman–Crippen MR) is 131 cm³/mol. The molecule has 0 bridgehead atoms. The Bertz CT molecular complexity index is 911. The molecule has 6 nitrogen and oxygen atoms in total. The summed E-state index contributed by atoms with van der Waals surface area (Å²) in [5, 5.41) is 3.39. The highest BCUT2D eigenvalue weighted by Crippen LogP contribution is 2.40. The molecule has 1 saturated heterocycles. The summed E-state index contributed by atoms with van der Waals surface area (Å²) >= 11 is 0. The minimum Gasteiger partial charge on any atom is -0.493 e. The second-order valence-corrected chi connectivity index (χ2v) is 8.87. The van der Waals surface area contributed by atoms with Crippen LogP contribution in [-0.2, 0) is 4.79 Å². The second kappa shape index (κ2) is 11.4. The molecular formula is C27H36N2O4. The Morgan fingerprint density at radius 1 is 1.00 bits per heavy atom. The number of hydrogen-bond donors (Lipinski definition) is 1. The van der Waals surface area contributed by atoms with E-state index in [0.29, 0.717) is 37.0 Å². The Hall–Kier alpha value is -2.73. The largest absolute Gasteiger partial charge is 0.493 e. The van der Waals surface area contributed by atoms with Crippen molar-refractivity contribution in [2.24, 2.45) is 0 Å². The summed E-state index contributed by atoms with van der Waals surface area (Å²) in [6.07, 6.45) is 6.41. The van der Waals surface area contributed by atoms with E-state index in [1.165, 1.54) is 37.7 Å². The first-order chi connectivity index (χ1) is 16.2. The van der Waals surface area contributed by atoms with Crippen molar-refractivity contribution in [3.8, 4) is 17.2 Å². The maximum Gasteiger partial charge on any atom is 0.268 e. The highest BCUT2D eigenvalue weighted by atomic mass is 16.5. The fourth-order valence-electron chi connectivity index (χ4n) is 4.22. The third-order valence-corrected chi connectivity index (χ3v) is 6.32. The number of hydrogen-bond acceptors (Lipinski definition) is 5. The minimum absolute atomic E-state index is 0.0201. The minimum atomic E-state index is -0.461. The van der Waals surface area contributed by atoms with Crippen molar-refractivity contribution in [1.29, 1.82) is 0 Å². The van der Waals surface area contributed by atoms with Crippen LogP contribution in [-0.4, -0.2) is 45.4 Å². The quantitative estimate of drug-likeness (QED) is 0.437. The number of nitrogens with zero attached hydrogens (tertiary/aromatic N) is 1. The van der Waals surface area contributed by atoms with Gasteiger partial charge in [-0.15, -0.1) is 0 Å². The van der Waals surface area contributed by atoms with Crippen LogP contribution in [0.25, 0.3) is 0 Å². The monoisotopic (exact) mass is 452 g/mol. The lowest BCUT2D eigenvalue weighted by Crippen LogP contribution is -2.32. The van der Waals surface area contributed by atoms with E-state index < -0.39 is 6.10 Å². The molecule has 0 unspecified atom stereocenters. The first-order valence-electron chi connectivity index (χ1n) is 12.3. The lowest BCUT2D eigenvalue weighted by Gasteiger charge is -2.19. The zero-order chi connectivity index (χ0) is 23.0. The molecule has 2 fully saturated rings. The van der Waals surface area contributed by atoms with E-state index >= 15 is 0 Å². The van der Waals surface area contributed by atoms with Gasteiger partial charge in [-0.05, 0) is 61.6 Å². The summed E-state index contributed by atoms with van der Waals surface area (Å²) < 4.78 is 17.4. The number of carbonyl (C=O) groups is 1. The Balaban J connectivity index is 1.30. The Morgan fingerprint density at radius 3 is 2.55 bits per heavy atom. The van der Waals surface area contributed by atoms with Gasteiger partial charge in [-0.1, -0.05) is 31.9 Å². The molecule has 2 aliphatic rings. The van der Waals surface area contributed by atoms with Gasteiger partial charge in [-0.25, -0.2) is 0 Å². The zero-order valence-corrected chi connectivity index (χ0v) is 19.8. The number of ether oxygens (including phenoxy) is 3. The van der Waals surface area contributed by atoms with Crippen LogP contribution < -0.4 is 24.4 Å². The highest BCUT2D eigenvalue weighted by Gasteiger charge is 2.35. The normalized spacial score (nSPS) is 17.9. The fourth-order valence-corrected chi connectivity index (χ4v) is 4.22. The molecule has 1 N–H and O–H groups in total. The molecule has 1 amide bonds. The van der Waals surface area contributed by atoms with Crippen molar-refractivity contribution in [3.05, 3.63) is 48.0 Å². The van der Waals surface area contributed by atoms with Crippen molar-refractivity contribution in [2.45, 2.75) is 57.5 Å². The van der Waals surface area contributed by atoms with Gasteiger partial charge in [0.25, 0.3) is 5.91 Å². The maximum atomic E-state index is 13.0. The molecule has 6 heteroatoms. The van der Waals surface area contributed by atoms with Gasteiger partial charge in [0.2, 0.25) is 0 Å². The third kappa shape index (κ3) is 6.20. The number of carbonyl (C=O) groups excluding carboxylic acids is 1. The third-order valence-electron chi connectivity index (χ3n) is 6.32. The van der Waals surface area contributed by atoms with Crippen molar-refractivity contribution >= 4 is 11.6 Å². The van der Waals surface area contributed by atoms with Crippen LogP contribution in [0.15, 0.2) is 42.5 Å². The van der Waals surface area contributed by atoms with Crippen LogP contribution in [0, 0.1) is 0 Å². The number of amides is 1. The van der Waals surface area contributed by atoms with E-state index in [4.69, 9.17) is 14.2 Å². The lowest BCUT2D eigenvalue weighted by molar-refractivity contribution is -0.122. The lowest BCUT2D eigenvalue weighted by atomic mass is 10.1. The standard InChI is InChI=1S/C27H36N2O4/c1-3-4-5-15-28-16-18-32-24-13-10-22(19-26(24)31-2)29-17-14-25(27(29)30)33-23-11-8-21(9-12-23)20-6-7-20/h8-13,19-20,25,28H,3-7,14-18H2,1-2H3/t25-/m0/s1. The van der Waals surface area contributed by atoms with Crippen LogP contribution in [0.2, 0.25) is 0 Å². The molecule has 0 radical (unpaired) electrons. The summed E-state index contributed by atoms with van der Waals surface area (Å²) in [4.78, 5) is 14.8. The van der Waals surface area contributed by atoms with Crippen molar-refractivity contribution in [1.82, 2.24) is 5.32 Å². The average Bonchev–Trinajstić information content (AvgIpc) is 3.63. The molecule has 1 saturated carbocycles. The molecule has 4 rings (SSSR count). The summed E-state index contributed by atoms with van der Waals surface area (Å²) in [6.45, 7) is 5.20. The van der Waals surface area contributed by atoms with Crippen LogP contribution in [0.4, 0.5) is 5.69 Å². The predicted octanol–water partition coefficient (Wildman–Crippen LogP) is 4.92. The topological polar surface area (TPSA) is 60.0 Å². The van der Waals surface area contributed by atoms with Gasteiger partial charge in [0.05, 0.1) is 7.11 Å². The summed E-state index contributed by atoms with van der Waals surface area (Å²) in [6, 6.07) is 13.9. The van der Waals surface area contributed by atoms with Crippen LogP contribution in [0.3, 0.4) is 0 Å². The van der Waals surface area contributed by atoms with E-state index in [1.54, 1.807) is 12.0 Å². The second-order valence-electron chi connectivity index (χ2n) is 8.87. The van der Waals surface area contributed by atoms with Crippen LogP contribution in [0.5, 0.6) is 17.2 Å². The number of rotatable bonds is 13. The average molecular weight is 453 g/mol. The van der Waals surface area contributed by atoms with E-state index in [1.807, 2.05) is 30.3 Å². The Labute approximate surface area is 197 Å². The molecule has 178 valence electrons. The molecule has 1 aliphatic heterocycles. The molecule has 33 heavy (non-hydrogen) atoms. The molecule has 2 aromatic carbocycles. The number of benzene rings is 2. The molecular weight excluding hydrogens is 416 g/mol. The molecule has 0 aromatic heterocycles. The first-order valence-corrected chi connectivity index (χ1v) is 12.3. The maximum absolute atomic E-state index is 13.0. The molecule has 1 heterocycles. The van der Waals surface area contributed by atoms with E-state index in [0.717, 1.165) is 24.5 Å². The van der Waals surface area contributed by atoms with Crippen LogP contribution in [0.1, 0.15) is 56.9 Å². The van der Waals surface area contributed by atoms with Gasteiger partial charge in [0.15, 0.2) is 17.6 Å². The molecule has 1 aliphatic carbocycles. The van der Waals surface area contributed by atoms with Gasteiger partial charge < -0.3 is 24.4 Å². The molecule has 2 aromatic rings. The highest BCUT2D eigenvalue weighted by molar-refractivity contribution is 5.99. The van der Waals surface area contributed by atoms with Crippen molar-refractivity contribution in [2.75, 3.05) is 38.3 Å². The van der Waals surface area contributed by atoms with Gasteiger partial charge in [-0.3, -0.25) is 4.79 Å². The fraction of sp³-hybridized carbons (Fsp3) is 0.519. The van der Waals surface area contributed by atoms with E-state index in [2.05, 4.69) is 24.4 Å². The molecule has 0 spiro atoms. The Morgan fingerprint density at radius 2 is 1.82 bits per heavy atom. The number of anilines is 1. The van der Waals surface area contributed by atoms with Gasteiger partial charge in [0, 0.05) is 31.3 Å². The molecule has 1 atom stereocenters.